The smallest absolute Gasteiger partial charge is 0.223 e. The van der Waals surface area contributed by atoms with E-state index in [1.54, 1.807) is 0 Å². The molecule has 0 radical (unpaired) electrons. The van der Waals surface area contributed by atoms with Crippen LogP contribution in [0.5, 0.6) is 0 Å². The molecular weight excluding hydrogens is 332 g/mol. The molecule has 0 bridgehead atoms. The molecule has 2 aliphatic rings. The van der Waals surface area contributed by atoms with Gasteiger partial charge in [0, 0.05) is 12.5 Å². The highest BCUT2D eigenvalue weighted by Gasteiger charge is 2.44. The second-order valence-electron chi connectivity index (χ2n) is 7.80. The summed E-state index contributed by atoms with van der Waals surface area (Å²) in [6, 6.07) is 14.9. The number of amides is 1. The summed E-state index contributed by atoms with van der Waals surface area (Å²) < 4.78 is 0. The van der Waals surface area contributed by atoms with E-state index in [1.807, 2.05) is 0 Å². The van der Waals surface area contributed by atoms with E-state index in [-0.39, 0.29) is 29.6 Å². The lowest BCUT2D eigenvalue weighted by atomic mass is 9.81. The van der Waals surface area contributed by atoms with Crippen molar-refractivity contribution in [3.63, 3.8) is 0 Å². The molecule has 1 saturated carbocycles. The molecule has 2 fully saturated rings. The van der Waals surface area contributed by atoms with Crippen LogP contribution < -0.4 is 10.6 Å². The average molecular weight is 359 g/mol. The number of rotatable bonds is 4. The molecule has 4 heteroatoms. The summed E-state index contributed by atoms with van der Waals surface area (Å²) in [6.45, 7) is 5.23. The van der Waals surface area contributed by atoms with Crippen molar-refractivity contribution in [2.75, 3.05) is 19.6 Å². The maximum Gasteiger partial charge on any atom is 0.223 e. The van der Waals surface area contributed by atoms with Crippen molar-refractivity contribution < 1.29 is 4.79 Å². The predicted molar refractivity (Wildman–Crippen MR) is 105 cm³/mol. The van der Waals surface area contributed by atoms with E-state index < -0.39 is 0 Å². The molecule has 2 unspecified atom stereocenters. The van der Waals surface area contributed by atoms with Gasteiger partial charge in [-0.1, -0.05) is 49.4 Å². The Labute approximate surface area is 156 Å². The summed E-state index contributed by atoms with van der Waals surface area (Å²) in [5.41, 5.74) is 1.59. The Morgan fingerprint density at radius 1 is 1.16 bits per heavy atom. The van der Waals surface area contributed by atoms with Gasteiger partial charge in [0.2, 0.25) is 5.91 Å². The minimum Gasteiger partial charge on any atom is -0.355 e. The van der Waals surface area contributed by atoms with Crippen molar-refractivity contribution in [1.29, 1.82) is 0 Å². The lowest BCUT2D eigenvalue weighted by molar-refractivity contribution is -0.123. The molecule has 0 spiro atoms. The van der Waals surface area contributed by atoms with Crippen molar-refractivity contribution in [2.24, 2.45) is 11.3 Å². The van der Waals surface area contributed by atoms with Crippen LogP contribution in [0.4, 0.5) is 0 Å². The molecule has 2 aromatic rings. The molecule has 1 saturated heterocycles. The minimum atomic E-state index is 0. The van der Waals surface area contributed by atoms with Crippen LogP contribution >= 0.6 is 12.4 Å². The maximum atomic E-state index is 12.6. The van der Waals surface area contributed by atoms with Crippen molar-refractivity contribution in [1.82, 2.24) is 10.6 Å². The predicted octanol–water partition coefficient (Wildman–Crippen LogP) is 3.87. The first-order chi connectivity index (χ1) is 11.7. The van der Waals surface area contributed by atoms with Gasteiger partial charge in [0.1, 0.15) is 0 Å². The molecule has 2 N–H and O–H groups in total. The van der Waals surface area contributed by atoms with Gasteiger partial charge in [0.05, 0.1) is 0 Å². The van der Waals surface area contributed by atoms with E-state index in [1.165, 1.54) is 16.3 Å². The molecule has 2 atom stereocenters. The number of hydrogen-bond donors (Lipinski definition) is 2. The van der Waals surface area contributed by atoms with Crippen LogP contribution in [-0.4, -0.2) is 25.5 Å². The monoisotopic (exact) mass is 358 g/mol. The highest BCUT2D eigenvalue weighted by atomic mass is 35.5. The fourth-order valence-electron chi connectivity index (χ4n) is 4.04. The normalized spacial score (nSPS) is 24.4. The summed E-state index contributed by atoms with van der Waals surface area (Å²) in [7, 11) is 0. The largest absolute Gasteiger partial charge is 0.355 e. The van der Waals surface area contributed by atoms with Crippen LogP contribution in [0.2, 0.25) is 0 Å². The van der Waals surface area contributed by atoms with Gasteiger partial charge in [-0.15, -0.1) is 12.4 Å². The Balaban J connectivity index is 0.00000182. The van der Waals surface area contributed by atoms with E-state index in [2.05, 4.69) is 60.0 Å². The van der Waals surface area contributed by atoms with Gasteiger partial charge in [0.15, 0.2) is 0 Å². The second kappa shape index (κ2) is 7.35. The van der Waals surface area contributed by atoms with Gasteiger partial charge in [-0.05, 0) is 60.0 Å². The van der Waals surface area contributed by atoms with Crippen LogP contribution in [0, 0.1) is 11.3 Å². The zero-order chi connectivity index (χ0) is 16.6. The SMILES string of the molecule is CC1(CNC(=O)C2CC2c2cccc3ccccc23)CCNCC1.Cl. The van der Waals surface area contributed by atoms with E-state index in [0.717, 1.165) is 38.9 Å². The highest BCUT2D eigenvalue weighted by molar-refractivity contribution is 5.89. The highest BCUT2D eigenvalue weighted by Crippen LogP contribution is 2.49. The Morgan fingerprint density at radius 3 is 2.68 bits per heavy atom. The molecule has 1 heterocycles. The lowest BCUT2D eigenvalue weighted by Gasteiger charge is -2.34. The molecular formula is C21H27ClN2O. The van der Waals surface area contributed by atoms with Crippen molar-refractivity contribution >= 4 is 29.1 Å². The van der Waals surface area contributed by atoms with Gasteiger partial charge in [-0.2, -0.15) is 0 Å². The van der Waals surface area contributed by atoms with Gasteiger partial charge < -0.3 is 10.6 Å². The van der Waals surface area contributed by atoms with E-state index in [0.29, 0.717) is 5.92 Å². The molecule has 25 heavy (non-hydrogen) atoms. The first-order valence-corrected chi connectivity index (χ1v) is 9.12. The van der Waals surface area contributed by atoms with Crippen LogP contribution in [0.3, 0.4) is 0 Å². The third-order valence-corrected chi connectivity index (χ3v) is 5.85. The third kappa shape index (κ3) is 3.83. The zero-order valence-electron chi connectivity index (χ0n) is 14.8. The van der Waals surface area contributed by atoms with E-state index in [4.69, 9.17) is 0 Å². The van der Waals surface area contributed by atoms with Gasteiger partial charge in [0.25, 0.3) is 0 Å². The number of hydrogen-bond acceptors (Lipinski definition) is 2. The first-order valence-electron chi connectivity index (χ1n) is 9.12. The van der Waals surface area contributed by atoms with E-state index in [9.17, 15) is 4.79 Å². The first kappa shape index (κ1) is 18.2. The molecule has 1 amide bonds. The molecule has 4 rings (SSSR count). The zero-order valence-corrected chi connectivity index (χ0v) is 15.6. The van der Waals surface area contributed by atoms with Gasteiger partial charge in [-0.3, -0.25) is 4.79 Å². The van der Waals surface area contributed by atoms with Crippen molar-refractivity contribution in [2.45, 2.75) is 32.1 Å². The number of carbonyl (C=O) groups is 1. The van der Waals surface area contributed by atoms with Crippen LogP contribution in [0.1, 0.15) is 37.7 Å². The average Bonchev–Trinajstić information content (AvgIpc) is 3.40. The standard InChI is InChI=1S/C21H26N2O.ClH/c1-21(9-11-22-12-10-21)14-23-20(24)19-13-18(19)17-8-4-6-15-5-2-3-7-16(15)17;/h2-8,18-19,22H,9-14H2,1H3,(H,23,24);1H. The Morgan fingerprint density at radius 2 is 1.88 bits per heavy atom. The third-order valence-electron chi connectivity index (χ3n) is 5.85. The van der Waals surface area contributed by atoms with Gasteiger partial charge in [-0.25, -0.2) is 0 Å². The number of piperidine rings is 1. The minimum absolute atomic E-state index is 0. The number of nitrogens with one attached hydrogen (secondary N) is 2. The maximum absolute atomic E-state index is 12.6. The van der Waals surface area contributed by atoms with Crippen molar-refractivity contribution in [3.8, 4) is 0 Å². The summed E-state index contributed by atoms with van der Waals surface area (Å²) in [6.07, 6.45) is 3.27. The summed E-state index contributed by atoms with van der Waals surface area (Å²) >= 11 is 0. The number of benzene rings is 2. The summed E-state index contributed by atoms with van der Waals surface area (Å²) in [5.74, 6) is 0.783. The Kier molecular flexibility index (Phi) is 5.35. The molecule has 3 nitrogen and oxygen atoms in total. The summed E-state index contributed by atoms with van der Waals surface area (Å²) in [4.78, 5) is 12.6. The van der Waals surface area contributed by atoms with Gasteiger partial charge >= 0.3 is 0 Å². The molecule has 1 aliphatic heterocycles. The van der Waals surface area contributed by atoms with Crippen LogP contribution in [-0.2, 0) is 4.79 Å². The number of carbonyl (C=O) groups excluding carboxylic acids is 1. The molecule has 0 aromatic heterocycles. The Bertz CT molecular complexity index is 749. The van der Waals surface area contributed by atoms with Crippen molar-refractivity contribution in [3.05, 3.63) is 48.0 Å². The number of halogens is 1. The molecule has 1 aliphatic carbocycles. The lowest BCUT2D eigenvalue weighted by Crippen LogP contribution is -2.43. The Hall–Kier alpha value is -1.58. The van der Waals surface area contributed by atoms with Crippen LogP contribution in [0.25, 0.3) is 10.8 Å². The molecule has 2 aromatic carbocycles. The summed E-state index contributed by atoms with van der Waals surface area (Å²) in [5, 5.41) is 9.20. The topological polar surface area (TPSA) is 41.1 Å². The fourth-order valence-corrected chi connectivity index (χ4v) is 4.04. The molecule has 134 valence electrons. The van der Waals surface area contributed by atoms with Crippen LogP contribution in [0.15, 0.2) is 42.5 Å². The second-order valence-corrected chi connectivity index (χ2v) is 7.80. The number of fused-ring (bicyclic) bond motifs is 1. The fraction of sp³-hybridized carbons (Fsp3) is 0.476. The quantitative estimate of drug-likeness (QED) is 0.871. The van der Waals surface area contributed by atoms with E-state index >= 15 is 0 Å².